The smallest absolute Gasteiger partial charge is 0.326 e. The van der Waals surface area contributed by atoms with Gasteiger partial charge in [0.15, 0.2) is 0 Å². The third-order valence-electron chi connectivity index (χ3n) is 11.4. The van der Waals surface area contributed by atoms with Gasteiger partial charge in [0.05, 0.1) is 51.5 Å². The molecular formula is C44H66N14O20S. The Morgan fingerprint density at radius 3 is 1.80 bits per heavy atom. The molecule has 0 saturated carbocycles. The molecule has 0 aromatic carbocycles. The molecule has 438 valence electrons. The molecule has 1 aromatic heterocycles. The fourth-order valence-electron chi connectivity index (χ4n) is 7.18. The highest BCUT2D eigenvalue weighted by Gasteiger charge is 2.38. The summed E-state index contributed by atoms with van der Waals surface area (Å²) in [6, 6.07) is -13.6. The lowest BCUT2D eigenvalue weighted by Crippen LogP contribution is -2.58. The predicted octanol–water partition coefficient (Wildman–Crippen LogP) is -8.49. The number of thiol groups is 1. The van der Waals surface area contributed by atoms with Crippen LogP contribution in [0.1, 0.15) is 65.0 Å². The Bertz CT molecular complexity index is 2410. The second kappa shape index (κ2) is 33.0. The van der Waals surface area contributed by atoms with Gasteiger partial charge >= 0.3 is 23.9 Å². The lowest BCUT2D eigenvalue weighted by molar-refractivity contribution is -0.144. The van der Waals surface area contributed by atoms with Crippen LogP contribution in [-0.2, 0) is 78.3 Å². The topological polar surface area (TPSA) is 535 Å². The molecule has 79 heavy (non-hydrogen) atoms. The molecule has 2 rings (SSSR count). The number of aromatic amines is 1. The maximum absolute atomic E-state index is 13.5. The largest absolute Gasteiger partial charge is 0.481 e. The standard InChI is InChI=1S/C44H66N14O20S/c1-19(2)35(44(77)78)57-41(74)24(9-21-12-46-18-50-21)54-43(76)28-5-4-8-58(28)31(62)15-47-29(60)13-48-39(72)26(16-59)55-40(73)25(11-34(67)68)52-30(61)14-49-38(71)23(6-7-32(63)64)53-42(75)27(17-79)56-36(69)20(3)51-37(70)22(45)10-33(65)66/h12,18-20,22-28,35,59,79H,4-11,13-17,45H2,1-3H3,(H,46,50)(H,47,60)(H,48,72)(H,49,71)(H,51,70)(H,52,61)(H,53,75)(H,54,76)(H,55,73)(H,56,69)(H,57,74)(H,63,64)(H,65,66)(H,67,68)(H,77,78)/t20-,22-,23-,24-,25-,26-,27-,28-,35-/m0/s1. The summed E-state index contributed by atoms with van der Waals surface area (Å²) in [5, 5.41) is 69.0. The first-order valence-corrected chi connectivity index (χ1v) is 24.8. The van der Waals surface area contributed by atoms with Crippen molar-refractivity contribution in [1.82, 2.24) is 68.0 Å². The molecule has 18 N–H and O–H groups in total. The number of carboxylic acid groups (broad SMARTS) is 4. The summed E-state index contributed by atoms with van der Waals surface area (Å²) in [7, 11) is 0. The molecule has 0 unspecified atom stereocenters. The number of nitrogens with zero attached hydrogens (tertiary/aromatic N) is 2. The highest BCUT2D eigenvalue weighted by Crippen LogP contribution is 2.18. The molecule has 1 saturated heterocycles. The minimum absolute atomic E-state index is 0.0749. The molecule has 35 heteroatoms. The molecule has 1 aliphatic rings. The number of carbonyl (C=O) groups excluding carboxylic acids is 11. The number of carboxylic acids is 4. The molecular weight excluding hydrogens is 1080 g/mol. The van der Waals surface area contributed by atoms with Gasteiger partial charge in [0.2, 0.25) is 65.0 Å². The van der Waals surface area contributed by atoms with Gasteiger partial charge in [-0.05, 0) is 32.1 Å². The zero-order valence-electron chi connectivity index (χ0n) is 42.9. The van der Waals surface area contributed by atoms with Crippen molar-refractivity contribution in [2.75, 3.05) is 38.5 Å². The number of aromatic nitrogens is 2. The number of nitrogens with two attached hydrogens (primary N) is 1. The van der Waals surface area contributed by atoms with E-state index in [1.807, 2.05) is 10.6 Å². The summed E-state index contributed by atoms with van der Waals surface area (Å²) in [5.41, 5.74) is 5.91. The van der Waals surface area contributed by atoms with Crippen molar-refractivity contribution < 1.29 is 97.5 Å². The minimum atomic E-state index is -1.98. The summed E-state index contributed by atoms with van der Waals surface area (Å²) in [6.45, 7) is 0.715. The number of likely N-dealkylation sites (tertiary alicyclic amines) is 1. The molecule has 0 bridgehead atoms. The van der Waals surface area contributed by atoms with E-state index in [0.717, 1.165) is 4.90 Å². The fraction of sp³-hybridized carbons (Fsp3) is 0.591. The lowest BCUT2D eigenvalue weighted by atomic mass is 10.0. The zero-order valence-corrected chi connectivity index (χ0v) is 43.8. The first-order valence-electron chi connectivity index (χ1n) is 24.1. The van der Waals surface area contributed by atoms with Crippen molar-refractivity contribution in [2.45, 2.75) is 120 Å². The van der Waals surface area contributed by atoms with Crippen molar-refractivity contribution >= 4 is 101 Å². The van der Waals surface area contributed by atoms with Crippen LogP contribution in [-0.4, -0.2) is 222 Å². The second-order valence-electron chi connectivity index (χ2n) is 18.0. The average Bonchev–Trinajstić information content (AvgIpc) is 4.10. The summed E-state index contributed by atoms with van der Waals surface area (Å²) >= 11 is 3.99. The molecule has 1 aromatic rings. The van der Waals surface area contributed by atoms with Crippen molar-refractivity contribution in [2.24, 2.45) is 11.7 Å². The van der Waals surface area contributed by atoms with Crippen molar-refractivity contribution in [3.8, 4) is 0 Å². The van der Waals surface area contributed by atoms with Gasteiger partial charge in [0.1, 0.15) is 48.3 Å². The van der Waals surface area contributed by atoms with Gasteiger partial charge in [-0.25, -0.2) is 9.78 Å². The van der Waals surface area contributed by atoms with E-state index in [1.165, 1.54) is 19.4 Å². The Kier molecular flexibility index (Phi) is 27.8. The average molecular weight is 1140 g/mol. The molecule has 0 spiro atoms. The highest BCUT2D eigenvalue weighted by molar-refractivity contribution is 7.80. The number of imidazole rings is 1. The Labute approximate surface area is 454 Å². The van der Waals surface area contributed by atoms with E-state index in [-0.39, 0.29) is 19.4 Å². The van der Waals surface area contributed by atoms with Crippen LogP contribution in [0.5, 0.6) is 0 Å². The van der Waals surface area contributed by atoms with E-state index in [4.69, 9.17) is 10.8 Å². The molecule has 11 amide bonds. The van der Waals surface area contributed by atoms with E-state index in [0.29, 0.717) is 12.1 Å². The predicted molar refractivity (Wildman–Crippen MR) is 268 cm³/mol. The number of rotatable bonds is 34. The monoisotopic (exact) mass is 1140 g/mol. The number of hydrogen-bond acceptors (Lipinski definition) is 19. The molecule has 34 nitrogen and oxygen atoms in total. The van der Waals surface area contributed by atoms with Gasteiger partial charge in [0.25, 0.3) is 0 Å². The van der Waals surface area contributed by atoms with Crippen molar-refractivity contribution in [3.05, 3.63) is 18.2 Å². The highest BCUT2D eigenvalue weighted by atomic mass is 32.1. The Balaban J connectivity index is 1.99. The first-order chi connectivity index (χ1) is 37.1. The fourth-order valence-corrected chi connectivity index (χ4v) is 7.44. The summed E-state index contributed by atoms with van der Waals surface area (Å²) in [6.07, 6.45) is -0.0423. The number of aliphatic hydroxyl groups is 1. The van der Waals surface area contributed by atoms with Gasteiger partial charge in [-0.1, -0.05) is 13.8 Å². The molecule has 9 atom stereocenters. The van der Waals surface area contributed by atoms with Crippen LogP contribution in [0.4, 0.5) is 0 Å². The van der Waals surface area contributed by atoms with Crippen LogP contribution in [0, 0.1) is 5.92 Å². The Morgan fingerprint density at radius 1 is 0.658 bits per heavy atom. The number of aliphatic hydroxyl groups excluding tert-OH is 1. The van der Waals surface area contributed by atoms with E-state index in [9.17, 15) is 92.3 Å². The quantitative estimate of drug-likeness (QED) is 0.0285. The van der Waals surface area contributed by atoms with Gasteiger partial charge in [0, 0.05) is 37.0 Å². The van der Waals surface area contributed by atoms with Crippen molar-refractivity contribution in [3.63, 3.8) is 0 Å². The van der Waals surface area contributed by atoms with Crippen LogP contribution < -0.4 is 58.9 Å². The van der Waals surface area contributed by atoms with E-state index < -0.39 is 207 Å². The summed E-state index contributed by atoms with van der Waals surface area (Å²) in [4.78, 5) is 196. The van der Waals surface area contributed by atoms with Crippen LogP contribution in [0.25, 0.3) is 0 Å². The third kappa shape index (κ3) is 23.4. The molecule has 1 fully saturated rings. The number of nitrogens with one attached hydrogen (secondary N) is 11. The van der Waals surface area contributed by atoms with E-state index >= 15 is 0 Å². The van der Waals surface area contributed by atoms with Crippen molar-refractivity contribution in [1.29, 1.82) is 0 Å². The van der Waals surface area contributed by atoms with Crippen LogP contribution >= 0.6 is 12.6 Å². The number of H-pyrrole nitrogens is 1. The Morgan fingerprint density at radius 2 is 1.24 bits per heavy atom. The molecule has 0 radical (unpaired) electrons. The first kappa shape index (κ1) is 66.6. The maximum Gasteiger partial charge on any atom is 0.326 e. The van der Waals surface area contributed by atoms with E-state index in [1.54, 1.807) is 13.8 Å². The molecule has 1 aliphatic heterocycles. The lowest BCUT2D eigenvalue weighted by Gasteiger charge is -2.27. The number of amides is 11. The number of carbonyl (C=O) groups is 15. The molecule has 2 heterocycles. The van der Waals surface area contributed by atoms with Crippen LogP contribution in [0.15, 0.2) is 12.5 Å². The van der Waals surface area contributed by atoms with Gasteiger partial charge in [-0.15, -0.1) is 0 Å². The SMILES string of the molecule is CC(C)[C@H](NC(=O)[C@H](Cc1cnc[nH]1)NC(=O)[C@@H]1CCCN1C(=O)CNC(=O)CNC(=O)[C@H](CO)NC(=O)[C@H](CC(=O)O)NC(=O)CNC(=O)[C@H](CCC(=O)O)NC(=O)[C@H](CS)NC(=O)[C@H](C)NC(=O)[C@@H](N)CC(=O)O)C(=O)O. The second-order valence-corrected chi connectivity index (χ2v) is 18.4. The van der Waals surface area contributed by atoms with Crippen LogP contribution in [0.2, 0.25) is 0 Å². The van der Waals surface area contributed by atoms with Gasteiger partial charge in [-0.3, -0.25) is 67.1 Å². The third-order valence-corrected chi connectivity index (χ3v) is 11.8. The zero-order chi connectivity index (χ0) is 59.7. The number of hydrogen-bond donors (Lipinski definition) is 18. The maximum atomic E-state index is 13.5. The summed E-state index contributed by atoms with van der Waals surface area (Å²) < 4.78 is 0. The number of aliphatic carboxylic acids is 4. The van der Waals surface area contributed by atoms with Gasteiger partial charge in [-0.2, -0.15) is 12.6 Å². The van der Waals surface area contributed by atoms with Crippen LogP contribution in [0.3, 0.4) is 0 Å². The minimum Gasteiger partial charge on any atom is -0.481 e. The molecule has 0 aliphatic carbocycles. The summed E-state index contributed by atoms with van der Waals surface area (Å²) in [5.74, 6) is -18.0. The normalized spacial score (nSPS) is 15.8. The van der Waals surface area contributed by atoms with Gasteiger partial charge < -0.3 is 94.3 Å². The Hall–Kier alpha value is -8.47. The van der Waals surface area contributed by atoms with E-state index in [2.05, 4.69) is 65.1 Å².